The van der Waals surface area contributed by atoms with Gasteiger partial charge in [0.15, 0.2) is 11.6 Å². The Morgan fingerprint density at radius 2 is 2.08 bits per heavy atom. The highest BCUT2D eigenvalue weighted by atomic mass is 15.3. The fraction of sp³-hybridized carbons (Fsp3) is 0.389. The van der Waals surface area contributed by atoms with E-state index in [-0.39, 0.29) is 0 Å². The molecule has 0 spiro atoms. The molecule has 0 radical (unpaired) electrons. The Kier molecular flexibility index (Phi) is 4.57. The van der Waals surface area contributed by atoms with E-state index in [0.717, 1.165) is 54.8 Å². The van der Waals surface area contributed by atoms with Crippen molar-refractivity contribution < 1.29 is 0 Å². The van der Waals surface area contributed by atoms with Crippen molar-refractivity contribution in [2.75, 3.05) is 18.5 Å². The van der Waals surface area contributed by atoms with Crippen molar-refractivity contribution in [3.63, 3.8) is 0 Å². The second-order valence-corrected chi connectivity index (χ2v) is 6.35. The van der Waals surface area contributed by atoms with Crippen LogP contribution in [-0.2, 0) is 26.1 Å². The van der Waals surface area contributed by atoms with Crippen molar-refractivity contribution in [1.29, 1.82) is 0 Å². The average molecular weight is 350 g/mol. The zero-order chi connectivity index (χ0) is 17.9. The van der Waals surface area contributed by atoms with Gasteiger partial charge in [-0.3, -0.25) is 4.98 Å². The van der Waals surface area contributed by atoms with Gasteiger partial charge in [0.25, 0.3) is 0 Å². The quantitative estimate of drug-likeness (QED) is 0.745. The number of rotatable bonds is 5. The smallest absolute Gasteiger partial charge is 0.161 e. The van der Waals surface area contributed by atoms with Crippen LogP contribution in [-0.4, -0.2) is 43.3 Å². The van der Waals surface area contributed by atoms with E-state index in [4.69, 9.17) is 9.97 Å². The molecule has 1 N–H and O–H groups in total. The Morgan fingerprint density at radius 1 is 1.23 bits per heavy atom. The first kappa shape index (κ1) is 16.6. The lowest BCUT2D eigenvalue weighted by atomic mass is 10.1. The van der Waals surface area contributed by atoms with Crippen LogP contribution in [0.15, 0.2) is 30.9 Å². The van der Waals surface area contributed by atoms with Gasteiger partial charge >= 0.3 is 0 Å². The molecule has 4 rings (SSSR count). The van der Waals surface area contributed by atoms with Crippen LogP contribution in [0.5, 0.6) is 0 Å². The van der Waals surface area contributed by atoms with Crippen molar-refractivity contribution in [3.05, 3.63) is 47.9 Å². The summed E-state index contributed by atoms with van der Waals surface area (Å²) < 4.78 is 2.05. The fourth-order valence-electron chi connectivity index (χ4n) is 3.24. The van der Waals surface area contributed by atoms with E-state index < -0.39 is 0 Å². The molecule has 3 aromatic heterocycles. The number of anilines is 1. The third-order valence-corrected chi connectivity index (χ3v) is 4.63. The molecule has 0 saturated carbocycles. The van der Waals surface area contributed by atoms with Crippen LogP contribution in [0.3, 0.4) is 0 Å². The van der Waals surface area contributed by atoms with Crippen molar-refractivity contribution in [2.45, 2.75) is 33.0 Å². The van der Waals surface area contributed by atoms with Crippen molar-refractivity contribution >= 4 is 5.82 Å². The molecule has 0 unspecified atom stereocenters. The number of nitrogens with one attached hydrogen (secondary N) is 1. The van der Waals surface area contributed by atoms with Crippen LogP contribution in [0.25, 0.3) is 11.4 Å². The summed E-state index contributed by atoms with van der Waals surface area (Å²) in [4.78, 5) is 15.9. The van der Waals surface area contributed by atoms with Crippen molar-refractivity contribution in [1.82, 2.24) is 35.0 Å². The van der Waals surface area contributed by atoms with Crippen molar-refractivity contribution in [3.8, 4) is 11.4 Å². The van der Waals surface area contributed by atoms with Gasteiger partial charge in [-0.25, -0.2) is 9.97 Å². The molecule has 4 heterocycles. The second kappa shape index (κ2) is 7.17. The first-order valence-corrected chi connectivity index (χ1v) is 8.85. The summed E-state index contributed by atoms with van der Waals surface area (Å²) in [6, 6.07) is 3.88. The third kappa shape index (κ3) is 3.15. The zero-order valence-electron chi connectivity index (χ0n) is 15.1. The fourth-order valence-corrected chi connectivity index (χ4v) is 3.24. The van der Waals surface area contributed by atoms with Crippen LogP contribution < -0.4 is 10.2 Å². The van der Waals surface area contributed by atoms with Crippen LogP contribution in [0, 0.1) is 0 Å². The Bertz CT molecular complexity index is 889. The summed E-state index contributed by atoms with van der Waals surface area (Å²) in [5.74, 6) is 2.63. The van der Waals surface area contributed by atoms with Gasteiger partial charge in [0.1, 0.15) is 12.1 Å². The molecule has 1 aliphatic rings. The molecule has 0 amide bonds. The Morgan fingerprint density at radius 3 is 2.88 bits per heavy atom. The maximum absolute atomic E-state index is 4.89. The highest BCUT2D eigenvalue weighted by molar-refractivity contribution is 5.60. The lowest BCUT2D eigenvalue weighted by Gasteiger charge is -2.26. The van der Waals surface area contributed by atoms with Crippen LogP contribution >= 0.6 is 0 Å². The van der Waals surface area contributed by atoms with Crippen LogP contribution in [0.1, 0.15) is 24.0 Å². The van der Waals surface area contributed by atoms with Crippen LogP contribution in [0.4, 0.5) is 5.82 Å². The molecule has 8 heteroatoms. The van der Waals surface area contributed by atoms with E-state index in [1.807, 2.05) is 12.1 Å². The van der Waals surface area contributed by atoms with Gasteiger partial charge in [0.05, 0.1) is 12.2 Å². The molecule has 0 aromatic carbocycles. The summed E-state index contributed by atoms with van der Waals surface area (Å²) in [5.41, 5.74) is 3.25. The topological polar surface area (TPSA) is 84.7 Å². The number of fused-ring (bicyclic) bond motifs is 1. The van der Waals surface area contributed by atoms with Gasteiger partial charge in [-0.15, -0.1) is 10.2 Å². The van der Waals surface area contributed by atoms with E-state index in [0.29, 0.717) is 6.54 Å². The minimum Gasteiger partial charge on any atom is -0.352 e. The normalized spacial score (nSPS) is 13.5. The van der Waals surface area contributed by atoms with Gasteiger partial charge < -0.3 is 14.8 Å². The number of aryl methyl sites for hydroxylation is 1. The van der Waals surface area contributed by atoms with Gasteiger partial charge in [0.2, 0.25) is 0 Å². The van der Waals surface area contributed by atoms with Gasteiger partial charge in [-0.05, 0) is 32.0 Å². The first-order valence-electron chi connectivity index (χ1n) is 8.85. The van der Waals surface area contributed by atoms with E-state index >= 15 is 0 Å². The Labute approximate surface area is 152 Å². The zero-order valence-corrected chi connectivity index (χ0v) is 15.1. The molecule has 8 nitrogen and oxygen atoms in total. The molecule has 134 valence electrons. The number of hydrogen-bond donors (Lipinski definition) is 1. The molecule has 0 saturated heterocycles. The molecule has 26 heavy (non-hydrogen) atoms. The predicted molar refractivity (Wildman–Crippen MR) is 98.5 cm³/mol. The summed E-state index contributed by atoms with van der Waals surface area (Å²) in [6.07, 6.45) is 6.23. The Balaban J connectivity index is 1.74. The molecule has 3 aromatic rings. The summed E-state index contributed by atoms with van der Waals surface area (Å²) >= 11 is 0. The number of pyridine rings is 1. The maximum atomic E-state index is 4.89. The standard InChI is InChI=1S/C18H22N8/c1-3-26-12-21-24-16(26)11-25(2)18-14-6-9-20-10-15(14)22-17(23-18)13-4-7-19-8-5-13/h4-5,7-8,12,20H,3,6,9-11H2,1-2H3. The first-order chi connectivity index (χ1) is 12.8. The largest absolute Gasteiger partial charge is 0.352 e. The molecular formula is C18H22N8. The SMILES string of the molecule is CCn1cnnc1CN(C)c1nc(-c2ccncc2)nc2c1CCNC2. The van der Waals surface area contributed by atoms with Gasteiger partial charge in [-0.1, -0.05) is 0 Å². The second-order valence-electron chi connectivity index (χ2n) is 6.35. The minimum absolute atomic E-state index is 0.653. The van der Waals surface area contributed by atoms with Gasteiger partial charge in [0, 0.05) is 43.7 Å². The average Bonchev–Trinajstić information content (AvgIpc) is 3.14. The number of nitrogens with zero attached hydrogens (tertiary/aromatic N) is 7. The molecule has 0 atom stereocenters. The molecular weight excluding hydrogens is 328 g/mol. The highest BCUT2D eigenvalue weighted by Crippen LogP contribution is 2.27. The van der Waals surface area contributed by atoms with Crippen LogP contribution in [0.2, 0.25) is 0 Å². The summed E-state index contributed by atoms with van der Waals surface area (Å²) in [7, 11) is 2.05. The molecule has 1 aliphatic heterocycles. The molecule has 0 bridgehead atoms. The predicted octanol–water partition coefficient (Wildman–Crippen LogP) is 1.43. The lowest BCUT2D eigenvalue weighted by molar-refractivity contribution is 0.619. The van der Waals surface area contributed by atoms with Crippen molar-refractivity contribution in [2.24, 2.45) is 0 Å². The summed E-state index contributed by atoms with van der Waals surface area (Å²) in [5, 5.41) is 11.7. The lowest BCUT2D eigenvalue weighted by Crippen LogP contribution is -2.29. The highest BCUT2D eigenvalue weighted by Gasteiger charge is 2.21. The minimum atomic E-state index is 0.653. The third-order valence-electron chi connectivity index (χ3n) is 4.63. The molecule has 0 aliphatic carbocycles. The van der Waals surface area contributed by atoms with E-state index in [1.54, 1.807) is 18.7 Å². The monoisotopic (exact) mass is 350 g/mol. The Hall–Kier alpha value is -2.87. The summed E-state index contributed by atoms with van der Waals surface area (Å²) in [6.45, 7) is 5.30. The van der Waals surface area contributed by atoms with E-state index in [2.05, 4.69) is 43.9 Å². The maximum Gasteiger partial charge on any atom is 0.161 e. The van der Waals surface area contributed by atoms with E-state index in [9.17, 15) is 0 Å². The number of aromatic nitrogens is 6. The molecule has 0 fully saturated rings. The number of hydrogen-bond acceptors (Lipinski definition) is 7. The van der Waals surface area contributed by atoms with Gasteiger partial charge in [-0.2, -0.15) is 0 Å². The van der Waals surface area contributed by atoms with E-state index in [1.165, 1.54) is 5.56 Å².